The van der Waals surface area contributed by atoms with Gasteiger partial charge in [0, 0.05) is 6.54 Å². The number of anilines is 1. The summed E-state index contributed by atoms with van der Waals surface area (Å²) in [5, 5.41) is 0. The molecule has 0 bridgehead atoms. The molecule has 1 aromatic heterocycles. The molecular weight excluding hydrogens is 232 g/mol. The van der Waals surface area contributed by atoms with E-state index in [1.54, 1.807) is 0 Å². The molecule has 0 saturated heterocycles. The van der Waals surface area contributed by atoms with E-state index >= 15 is 0 Å². The second-order valence-corrected chi connectivity index (χ2v) is 3.33. The van der Waals surface area contributed by atoms with Crippen molar-refractivity contribution in [3.8, 4) is 0 Å². The van der Waals surface area contributed by atoms with Crippen LogP contribution in [0, 0.1) is 0 Å². The van der Waals surface area contributed by atoms with Crippen LogP contribution in [0.4, 0.5) is 14.6 Å². The van der Waals surface area contributed by atoms with Crippen LogP contribution in [0.1, 0.15) is 23.2 Å². The number of alkyl halides is 2. The molecule has 1 rings (SSSR count). The molecule has 0 aliphatic rings. The number of ether oxygens (including phenoxy) is 1. The van der Waals surface area contributed by atoms with Gasteiger partial charge < -0.3 is 16.2 Å². The van der Waals surface area contributed by atoms with Crippen LogP contribution in [0.2, 0.25) is 0 Å². The summed E-state index contributed by atoms with van der Waals surface area (Å²) in [4.78, 5) is 14.7. The Morgan fingerprint density at radius 3 is 2.71 bits per heavy atom. The number of methoxy groups -OCH3 is 1. The van der Waals surface area contributed by atoms with Crippen LogP contribution < -0.4 is 11.5 Å². The molecule has 7 heteroatoms. The summed E-state index contributed by atoms with van der Waals surface area (Å²) in [6, 6.07) is 1.35. The lowest BCUT2D eigenvalue weighted by molar-refractivity contribution is -0.139. The Morgan fingerprint density at radius 2 is 2.24 bits per heavy atom. The van der Waals surface area contributed by atoms with Crippen molar-refractivity contribution in [2.45, 2.75) is 19.4 Å². The molecule has 4 N–H and O–H groups in total. The van der Waals surface area contributed by atoms with Gasteiger partial charge in [-0.05, 0) is 17.2 Å². The summed E-state index contributed by atoms with van der Waals surface area (Å²) in [6.45, 7) is -0.140. The van der Waals surface area contributed by atoms with Gasteiger partial charge in [-0.3, -0.25) is 4.79 Å². The minimum absolute atomic E-state index is 0.0728. The minimum atomic E-state index is -2.78. The SMILES string of the molecule is COC(=O)Cc1cc(N)nc(C(F)F)c1CN. The molecule has 5 nitrogen and oxygen atoms in total. The molecule has 0 aromatic carbocycles. The van der Waals surface area contributed by atoms with Gasteiger partial charge in [-0.2, -0.15) is 0 Å². The maximum Gasteiger partial charge on any atom is 0.309 e. The summed E-state index contributed by atoms with van der Waals surface area (Å²) >= 11 is 0. The highest BCUT2D eigenvalue weighted by Crippen LogP contribution is 2.25. The molecule has 0 atom stereocenters. The normalized spacial score (nSPS) is 10.6. The molecule has 94 valence electrons. The molecule has 0 radical (unpaired) electrons. The predicted molar refractivity (Wildman–Crippen MR) is 57.2 cm³/mol. The number of rotatable bonds is 4. The highest BCUT2D eigenvalue weighted by atomic mass is 19.3. The van der Waals surface area contributed by atoms with Crippen molar-refractivity contribution in [2.75, 3.05) is 12.8 Å². The van der Waals surface area contributed by atoms with Gasteiger partial charge in [-0.15, -0.1) is 0 Å². The van der Waals surface area contributed by atoms with E-state index in [0.29, 0.717) is 5.56 Å². The zero-order chi connectivity index (χ0) is 13.0. The molecule has 0 spiro atoms. The Kier molecular flexibility index (Phi) is 4.33. The van der Waals surface area contributed by atoms with Crippen LogP contribution in [0.3, 0.4) is 0 Å². The third-order valence-corrected chi connectivity index (χ3v) is 2.24. The van der Waals surface area contributed by atoms with Crippen molar-refractivity contribution in [3.05, 3.63) is 22.9 Å². The van der Waals surface area contributed by atoms with Crippen molar-refractivity contribution in [1.29, 1.82) is 0 Å². The lowest BCUT2D eigenvalue weighted by atomic mass is 10.0. The summed E-state index contributed by atoms with van der Waals surface area (Å²) in [7, 11) is 1.21. The first-order chi connectivity index (χ1) is 7.99. The summed E-state index contributed by atoms with van der Waals surface area (Å²) in [5.41, 5.74) is 10.8. The lowest BCUT2D eigenvalue weighted by Gasteiger charge is -2.12. The summed E-state index contributed by atoms with van der Waals surface area (Å²) in [5.74, 6) is -0.623. The molecule has 0 aliphatic carbocycles. The number of halogens is 2. The Balaban J connectivity index is 3.23. The van der Waals surface area contributed by atoms with E-state index in [-0.39, 0.29) is 24.3 Å². The number of hydrogen-bond donors (Lipinski definition) is 2. The largest absolute Gasteiger partial charge is 0.469 e. The van der Waals surface area contributed by atoms with Crippen LogP contribution in [-0.2, 0) is 22.5 Å². The standard InChI is InChI=1S/C10H13F2N3O2/c1-17-8(16)3-5-2-7(14)15-9(10(11)12)6(5)4-13/h2,10H,3-4,13H2,1H3,(H2,14,15). The van der Waals surface area contributed by atoms with Gasteiger partial charge in [-0.25, -0.2) is 13.8 Å². The van der Waals surface area contributed by atoms with Crippen molar-refractivity contribution in [1.82, 2.24) is 4.98 Å². The van der Waals surface area contributed by atoms with Crippen molar-refractivity contribution in [2.24, 2.45) is 5.73 Å². The third kappa shape index (κ3) is 3.10. The smallest absolute Gasteiger partial charge is 0.309 e. The van der Waals surface area contributed by atoms with Crippen molar-refractivity contribution >= 4 is 11.8 Å². The molecule has 0 fully saturated rings. The molecule has 0 amide bonds. The first kappa shape index (κ1) is 13.3. The number of carbonyl (C=O) groups excluding carboxylic acids is 1. The average Bonchev–Trinajstić information content (AvgIpc) is 2.28. The van der Waals surface area contributed by atoms with E-state index in [9.17, 15) is 13.6 Å². The van der Waals surface area contributed by atoms with Crippen molar-refractivity contribution in [3.63, 3.8) is 0 Å². The van der Waals surface area contributed by atoms with Crippen LogP contribution in [-0.4, -0.2) is 18.1 Å². The monoisotopic (exact) mass is 245 g/mol. The van der Waals surface area contributed by atoms with Gasteiger partial charge >= 0.3 is 5.97 Å². The maximum absolute atomic E-state index is 12.7. The van der Waals surface area contributed by atoms with Gasteiger partial charge in [0.15, 0.2) is 0 Å². The number of esters is 1. The second kappa shape index (κ2) is 5.53. The van der Waals surface area contributed by atoms with Crippen molar-refractivity contribution < 1.29 is 18.3 Å². The maximum atomic E-state index is 12.7. The van der Waals surface area contributed by atoms with Crippen LogP contribution in [0.25, 0.3) is 0 Å². The number of pyridine rings is 1. The first-order valence-corrected chi connectivity index (χ1v) is 4.82. The Bertz CT molecular complexity index is 424. The van der Waals surface area contributed by atoms with Crippen LogP contribution in [0.5, 0.6) is 0 Å². The molecule has 1 heterocycles. The fourth-order valence-corrected chi connectivity index (χ4v) is 1.47. The number of hydrogen-bond acceptors (Lipinski definition) is 5. The summed E-state index contributed by atoms with van der Waals surface area (Å²) < 4.78 is 29.9. The molecule has 0 saturated carbocycles. The average molecular weight is 245 g/mol. The van der Waals surface area contributed by atoms with Gasteiger partial charge in [-0.1, -0.05) is 0 Å². The highest BCUT2D eigenvalue weighted by Gasteiger charge is 2.19. The third-order valence-electron chi connectivity index (χ3n) is 2.24. The predicted octanol–water partition coefficient (Wildman–Crippen LogP) is 0.776. The van der Waals surface area contributed by atoms with Gasteiger partial charge in [0.2, 0.25) is 0 Å². The van der Waals surface area contributed by atoms with E-state index < -0.39 is 18.1 Å². The number of carbonyl (C=O) groups is 1. The topological polar surface area (TPSA) is 91.2 Å². The zero-order valence-electron chi connectivity index (χ0n) is 9.24. The Labute approximate surface area is 96.8 Å². The molecular formula is C10H13F2N3O2. The van der Waals surface area contributed by atoms with E-state index in [1.807, 2.05) is 0 Å². The summed E-state index contributed by atoms with van der Waals surface area (Å²) in [6.07, 6.45) is -2.94. The van der Waals surface area contributed by atoms with E-state index in [1.165, 1.54) is 13.2 Å². The van der Waals surface area contributed by atoms with Crippen LogP contribution >= 0.6 is 0 Å². The van der Waals surface area contributed by atoms with Gasteiger partial charge in [0.1, 0.15) is 11.5 Å². The van der Waals surface area contributed by atoms with E-state index in [4.69, 9.17) is 11.5 Å². The number of aromatic nitrogens is 1. The zero-order valence-corrected chi connectivity index (χ0v) is 9.24. The second-order valence-electron chi connectivity index (χ2n) is 3.33. The number of nitrogens with two attached hydrogens (primary N) is 2. The van der Waals surface area contributed by atoms with Crippen LogP contribution in [0.15, 0.2) is 6.07 Å². The molecule has 17 heavy (non-hydrogen) atoms. The first-order valence-electron chi connectivity index (χ1n) is 4.82. The molecule has 0 aliphatic heterocycles. The highest BCUT2D eigenvalue weighted by molar-refractivity contribution is 5.73. The quantitative estimate of drug-likeness (QED) is 0.765. The van der Waals surface area contributed by atoms with E-state index in [2.05, 4.69) is 9.72 Å². The number of nitrogen functional groups attached to an aromatic ring is 1. The fraction of sp³-hybridized carbons (Fsp3) is 0.400. The number of nitrogens with zero attached hydrogens (tertiary/aromatic N) is 1. The molecule has 1 aromatic rings. The fourth-order valence-electron chi connectivity index (χ4n) is 1.47. The van der Waals surface area contributed by atoms with E-state index in [0.717, 1.165) is 0 Å². The lowest BCUT2D eigenvalue weighted by Crippen LogP contribution is -2.14. The Morgan fingerprint density at radius 1 is 1.59 bits per heavy atom. The Hall–Kier alpha value is -1.76. The van der Waals surface area contributed by atoms with Gasteiger partial charge in [0.25, 0.3) is 6.43 Å². The molecule has 0 unspecified atom stereocenters. The van der Waals surface area contributed by atoms with Gasteiger partial charge in [0.05, 0.1) is 13.5 Å². The minimum Gasteiger partial charge on any atom is -0.469 e.